The summed E-state index contributed by atoms with van der Waals surface area (Å²) in [5, 5.41) is 14.1. The molecule has 1 atom stereocenters. The molecular formula is C23H22ClNO3. The summed E-state index contributed by atoms with van der Waals surface area (Å²) in [5.74, 6) is 0.335. The molecule has 5 heteroatoms. The molecule has 0 saturated heterocycles. The van der Waals surface area contributed by atoms with Gasteiger partial charge in [0.05, 0.1) is 6.10 Å². The standard InChI is InChI=1S/C23H22ClNO3/c1-15(2)28-19-10-6-9-17(13-19)23(27)25-21-12-11-18(24)14-20(21)22(26)16-7-4-3-5-8-16/h3-15,22,26H,1-2H3,(H,25,27)/t22-/m0/s1. The second kappa shape index (κ2) is 8.91. The summed E-state index contributed by atoms with van der Waals surface area (Å²) < 4.78 is 5.65. The molecule has 0 heterocycles. The van der Waals surface area contributed by atoms with Gasteiger partial charge in [0, 0.05) is 21.8 Å². The van der Waals surface area contributed by atoms with Crippen molar-refractivity contribution in [3.05, 3.63) is 94.5 Å². The van der Waals surface area contributed by atoms with Crippen LogP contribution in [0.25, 0.3) is 0 Å². The molecule has 0 bridgehead atoms. The van der Waals surface area contributed by atoms with Gasteiger partial charge < -0.3 is 15.2 Å². The Bertz CT molecular complexity index is 957. The molecule has 0 fully saturated rings. The summed E-state index contributed by atoms with van der Waals surface area (Å²) in [6.45, 7) is 3.86. The first-order chi connectivity index (χ1) is 13.4. The number of aliphatic hydroxyl groups is 1. The first-order valence-corrected chi connectivity index (χ1v) is 9.42. The molecule has 3 rings (SSSR count). The Morgan fingerprint density at radius 2 is 1.75 bits per heavy atom. The zero-order valence-electron chi connectivity index (χ0n) is 15.7. The average molecular weight is 396 g/mol. The SMILES string of the molecule is CC(C)Oc1cccc(C(=O)Nc2ccc(Cl)cc2[C@@H](O)c2ccccc2)c1. The molecule has 0 unspecified atom stereocenters. The van der Waals surface area contributed by atoms with E-state index < -0.39 is 6.10 Å². The molecule has 3 aromatic rings. The highest BCUT2D eigenvalue weighted by atomic mass is 35.5. The predicted molar refractivity (Wildman–Crippen MR) is 112 cm³/mol. The van der Waals surface area contributed by atoms with Gasteiger partial charge in [0.1, 0.15) is 11.9 Å². The molecule has 4 nitrogen and oxygen atoms in total. The molecule has 0 spiro atoms. The lowest BCUT2D eigenvalue weighted by Crippen LogP contribution is -2.15. The maximum Gasteiger partial charge on any atom is 0.255 e. The number of aliphatic hydroxyl groups excluding tert-OH is 1. The quantitative estimate of drug-likeness (QED) is 0.582. The maximum atomic E-state index is 12.8. The van der Waals surface area contributed by atoms with Gasteiger partial charge in [0.15, 0.2) is 0 Å². The van der Waals surface area contributed by atoms with Gasteiger partial charge in [-0.1, -0.05) is 48.0 Å². The maximum absolute atomic E-state index is 12.8. The molecule has 0 aromatic heterocycles. The second-order valence-corrected chi connectivity index (χ2v) is 7.13. The van der Waals surface area contributed by atoms with Crippen molar-refractivity contribution in [2.75, 3.05) is 5.32 Å². The minimum Gasteiger partial charge on any atom is -0.491 e. The average Bonchev–Trinajstić information content (AvgIpc) is 2.69. The summed E-state index contributed by atoms with van der Waals surface area (Å²) in [7, 11) is 0. The van der Waals surface area contributed by atoms with Crippen LogP contribution in [0.15, 0.2) is 72.8 Å². The highest BCUT2D eigenvalue weighted by molar-refractivity contribution is 6.30. The molecule has 3 aromatic carbocycles. The first-order valence-electron chi connectivity index (χ1n) is 9.04. The Morgan fingerprint density at radius 1 is 1.00 bits per heavy atom. The minimum absolute atomic E-state index is 0.0159. The number of amides is 1. The van der Waals surface area contributed by atoms with Crippen molar-refractivity contribution in [2.24, 2.45) is 0 Å². The van der Waals surface area contributed by atoms with Gasteiger partial charge >= 0.3 is 0 Å². The van der Waals surface area contributed by atoms with Crippen molar-refractivity contribution in [1.82, 2.24) is 0 Å². The lowest BCUT2D eigenvalue weighted by atomic mass is 9.99. The van der Waals surface area contributed by atoms with E-state index in [-0.39, 0.29) is 12.0 Å². The normalized spacial score (nSPS) is 11.9. The van der Waals surface area contributed by atoms with Crippen molar-refractivity contribution >= 4 is 23.2 Å². The molecule has 0 aliphatic carbocycles. The van der Waals surface area contributed by atoms with E-state index >= 15 is 0 Å². The van der Waals surface area contributed by atoms with Crippen LogP contribution in [-0.4, -0.2) is 17.1 Å². The molecule has 0 saturated carbocycles. The van der Waals surface area contributed by atoms with Gasteiger partial charge in [0.2, 0.25) is 0 Å². The van der Waals surface area contributed by atoms with Gasteiger partial charge in [0.25, 0.3) is 5.91 Å². The highest BCUT2D eigenvalue weighted by Gasteiger charge is 2.17. The van der Waals surface area contributed by atoms with Crippen molar-refractivity contribution in [3.63, 3.8) is 0 Å². The fourth-order valence-electron chi connectivity index (χ4n) is 2.87. The third kappa shape index (κ3) is 4.91. The summed E-state index contributed by atoms with van der Waals surface area (Å²) in [5.41, 5.74) is 2.21. The summed E-state index contributed by atoms with van der Waals surface area (Å²) in [4.78, 5) is 12.8. The van der Waals surface area contributed by atoms with E-state index in [1.807, 2.05) is 50.2 Å². The summed E-state index contributed by atoms with van der Waals surface area (Å²) in [6, 6.07) is 21.2. The molecule has 0 aliphatic rings. The minimum atomic E-state index is -0.911. The van der Waals surface area contributed by atoms with Crippen LogP contribution in [0.4, 0.5) is 5.69 Å². The Balaban J connectivity index is 1.87. The molecule has 0 radical (unpaired) electrons. The van der Waals surface area contributed by atoms with E-state index in [0.29, 0.717) is 33.1 Å². The topological polar surface area (TPSA) is 58.6 Å². The van der Waals surface area contributed by atoms with Crippen LogP contribution in [0.3, 0.4) is 0 Å². The van der Waals surface area contributed by atoms with Gasteiger partial charge in [-0.05, 0) is 55.8 Å². The van der Waals surface area contributed by atoms with Gasteiger partial charge in [-0.3, -0.25) is 4.79 Å². The van der Waals surface area contributed by atoms with E-state index in [9.17, 15) is 9.90 Å². The fraction of sp³-hybridized carbons (Fsp3) is 0.174. The Labute approximate surface area is 169 Å². The number of benzene rings is 3. The lowest BCUT2D eigenvalue weighted by Gasteiger charge is -2.17. The highest BCUT2D eigenvalue weighted by Crippen LogP contribution is 2.31. The number of carbonyl (C=O) groups is 1. The summed E-state index contributed by atoms with van der Waals surface area (Å²) in [6.07, 6.45) is -0.895. The number of rotatable bonds is 6. The van der Waals surface area contributed by atoms with Crippen LogP contribution in [0, 0.1) is 0 Å². The number of nitrogens with one attached hydrogen (secondary N) is 1. The van der Waals surface area contributed by atoms with Crippen LogP contribution in [0.1, 0.15) is 41.4 Å². The molecule has 0 aliphatic heterocycles. The second-order valence-electron chi connectivity index (χ2n) is 6.69. The number of hydrogen-bond donors (Lipinski definition) is 2. The van der Waals surface area contributed by atoms with Crippen LogP contribution in [0.5, 0.6) is 5.75 Å². The monoisotopic (exact) mass is 395 g/mol. The Kier molecular flexibility index (Phi) is 6.34. The number of anilines is 1. The smallest absolute Gasteiger partial charge is 0.255 e. The molecule has 28 heavy (non-hydrogen) atoms. The largest absolute Gasteiger partial charge is 0.491 e. The van der Waals surface area contributed by atoms with Crippen molar-refractivity contribution in [3.8, 4) is 5.75 Å². The van der Waals surface area contributed by atoms with Gasteiger partial charge in [-0.2, -0.15) is 0 Å². The predicted octanol–water partition coefficient (Wildman–Crippen LogP) is 5.46. The zero-order valence-corrected chi connectivity index (χ0v) is 16.5. The van der Waals surface area contributed by atoms with Crippen molar-refractivity contribution in [1.29, 1.82) is 0 Å². The molecule has 1 amide bonds. The third-order valence-electron chi connectivity index (χ3n) is 4.14. The van der Waals surface area contributed by atoms with Crippen LogP contribution < -0.4 is 10.1 Å². The lowest BCUT2D eigenvalue weighted by molar-refractivity contribution is 0.102. The van der Waals surface area contributed by atoms with E-state index in [0.717, 1.165) is 0 Å². The summed E-state index contributed by atoms with van der Waals surface area (Å²) >= 11 is 6.13. The molecular weight excluding hydrogens is 374 g/mol. The van der Waals surface area contributed by atoms with Crippen molar-refractivity contribution < 1.29 is 14.6 Å². The van der Waals surface area contributed by atoms with E-state index in [1.54, 1.807) is 36.4 Å². The van der Waals surface area contributed by atoms with Gasteiger partial charge in [-0.25, -0.2) is 0 Å². The number of halogens is 1. The van der Waals surface area contributed by atoms with Crippen molar-refractivity contribution in [2.45, 2.75) is 26.1 Å². The third-order valence-corrected chi connectivity index (χ3v) is 4.37. The number of carbonyl (C=O) groups excluding carboxylic acids is 1. The molecule has 2 N–H and O–H groups in total. The fourth-order valence-corrected chi connectivity index (χ4v) is 3.05. The molecule has 144 valence electrons. The van der Waals surface area contributed by atoms with E-state index in [1.165, 1.54) is 0 Å². The van der Waals surface area contributed by atoms with Crippen LogP contribution in [-0.2, 0) is 0 Å². The number of hydrogen-bond acceptors (Lipinski definition) is 3. The Hall–Kier alpha value is -2.82. The Morgan fingerprint density at radius 3 is 2.46 bits per heavy atom. The first kappa shape index (κ1) is 19.9. The van der Waals surface area contributed by atoms with E-state index in [2.05, 4.69) is 5.32 Å². The zero-order chi connectivity index (χ0) is 20.1. The van der Waals surface area contributed by atoms with Gasteiger partial charge in [-0.15, -0.1) is 0 Å². The van der Waals surface area contributed by atoms with E-state index in [4.69, 9.17) is 16.3 Å². The van der Waals surface area contributed by atoms with Crippen LogP contribution in [0.2, 0.25) is 5.02 Å². The number of ether oxygens (including phenoxy) is 1. The van der Waals surface area contributed by atoms with Crippen LogP contribution >= 0.6 is 11.6 Å².